The molecule has 1 atom stereocenters. The Morgan fingerprint density at radius 2 is 2.35 bits per heavy atom. The van der Waals surface area contributed by atoms with Gasteiger partial charge in [0, 0.05) is 11.8 Å². The summed E-state index contributed by atoms with van der Waals surface area (Å²) in [5, 5.41) is 3.65. The molecule has 0 bridgehead atoms. The van der Waals surface area contributed by atoms with Crippen molar-refractivity contribution in [1.29, 1.82) is 0 Å². The highest BCUT2D eigenvalue weighted by molar-refractivity contribution is 7.98. The molecular formula is C14H21NOS. The van der Waals surface area contributed by atoms with Crippen LogP contribution in [0.5, 0.6) is 5.75 Å². The van der Waals surface area contributed by atoms with Gasteiger partial charge in [0.05, 0.1) is 7.11 Å². The van der Waals surface area contributed by atoms with Crippen LogP contribution in [-0.4, -0.2) is 19.4 Å². The van der Waals surface area contributed by atoms with Crippen LogP contribution in [0.15, 0.2) is 18.2 Å². The van der Waals surface area contributed by atoms with Crippen LogP contribution in [0.4, 0.5) is 0 Å². The van der Waals surface area contributed by atoms with Crippen molar-refractivity contribution in [2.45, 2.75) is 31.6 Å². The summed E-state index contributed by atoms with van der Waals surface area (Å²) < 4.78 is 5.34. The Balaban J connectivity index is 2.25. The van der Waals surface area contributed by atoms with Gasteiger partial charge in [0.2, 0.25) is 0 Å². The predicted octanol–water partition coefficient (Wildman–Crippen LogP) is 3.37. The van der Waals surface area contributed by atoms with Gasteiger partial charge in [0.1, 0.15) is 5.75 Å². The van der Waals surface area contributed by atoms with E-state index in [1.54, 1.807) is 7.11 Å². The summed E-state index contributed by atoms with van der Waals surface area (Å²) in [7, 11) is 1.74. The second-order valence-corrected chi connectivity index (χ2v) is 5.52. The van der Waals surface area contributed by atoms with E-state index in [1.165, 1.54) is 29.7 Å². The summed E-state index contributed by atoms with van der Waals surface area (Å²) in [5.41, 5.74) is 2.89. The fourth-order valence-electron chi connectivity index (χ4n) is 2.23. The zero-order chi connectivity index (χ0) is 12.1. The standard InChI is InChI=1S/C14H21NOS/c1-3-7-15-14-6-8-17-10-11-4-5-12(16-2)9-13(11)14/h4-5,9,14-15H,3,6-8,10H2,1-2H3. The monoisotopic (exact) mass is 251 g/mol. The van der Waals surface area contributed by atoms with Crippen molar-refractivity contribution in [1.82, 2.24) is 5.32 Å². The topological polar surface area (TPSA) is 21.3 Å². The number of ether oxygens (including phenoxy) is 1. The minimum absolute atomic E-state index is 0.495. The highest BCUT2D eigenvalue weighted by Gasteiger charge is 2.18. The molecule has 0 spiro atoms. The molecule has 94 valence electrons. The smallest absolute Gasteiger partial charge is 0.119 e. The third-order valence-corrected chi connectivity index (χ3v) is 4.22. The molecule has 0 radical (unpaired) electrons. The highest BCUT2D eigenvalue weighted by atomic mass is 32.2. The van der Waals surface area contributed by atoms with Gasteiger partial charge in [0.25, 0.3) is 0 Å². The van der Waals surface area contributed by atoms with Crippen molar-refractivity contribution < 1.29 is 4.74 Å². The number of nitrogens with one attached hydrogen (secondary N) is 1. The van der Waals surface area contributed by atoms with Crippen LogP contribution in [0.25, 0.3) is 0 Å². The van der Waals surface area contributed by atoms with E-state index < -0.39 is 0 Å². The Morgan fingerprint density at radius 3 is 3.12 bits per heavy atom. The molecule has 1 aromatic rings. The van der Waals surface area contributed by atoms with Crippen molar-refractivity contribution in [3.8, 4) is 5.75 Å². The summed E-state index contributed by atoms with van der Waals surface area (Å²) >= 11 is 2.03. The maximum atomic E-state index is 5.34. The maximum absolute atomic E-state index is 5.34. The molecule has 1 aromatic carbocycles. The Hall–Kier alpha value is -0.670. The lowest BCUT2D eigenvalue weighted by Gasteiger charge is -2.19. The first kappa shape index (κ1) is 12.8. The fourth-order valence-corrected chi connectivity index (χ4v) is 3.25. The number of hydrogen-bond donors (Lipinski definition) is 1. The average Bonchev–Trinajstić information content (AvgIpc) is 2.57. The van der Waals surface area contributed by atoms with E-state index >= 15 is 0 Å². The first-order valence-electron chi connectivity index (χ1n) is 6.33. The van der Waals surface area contributed by atoms with Gasteiger partial charge >= 0.3 is 0 Å². The molecule has 1 N–H and O–H groups in total. The number of rotatable bonds is 4. The van der Waals surface area contributed by atoms with E-state index in [-0.39, 0.29) is 0 Å². The van der Waals surface area contributed by atoms with Gasteiger partial charge in [-0.25, -0.2) is 0 Å². The Labute approximate surface area is 108 Å². The first-order valence-corrected chi connectivity index (χ1v) is 7.48. The van der Waals surface area contributed by atoms with E-state index in [1.807, 2.05) is 11.8 Å². The summed E-state index contributed by atoms with van der Waals surface area (Å²) in [4.78, 5) is 0. The molecule has 0 saturated heterocycles. The fraction of sp³-hybridized carbons (Fsp3) is 0.571. The third-order valence-electron chi connectivity index (χ3n) is 3.18. The number of thioether (sulfide) groups is 1. The molecule has 1 unspecified atom stereocenters. The normalized spacial score (nSPS) is 19.5. The summed E-state index contributed by atoms with van der Waals surface area (Å²) in [6.45, 7) is 3.30. The SMILES string of the molecule is CCCNC1CCSCc2ccc(OC)cc21. The molecule has 1 heterocycles. The van der Waals surface area contributed by atoms with Crippen LogP contribution < -0.4 is 10.1 Å². The lowest BCUT2D eigenvalue weighted by Crippen LogP contribution is -2.22. The van der Waals surface area contributed by atoms with Crippen LogP contribution in [0, 0.1) is 0 Å². The molecule has 2 rings (SSSR count). The minimum Gasteiger partial charge on any atom is -0.497 e. The van der Waals surface area contributed by atoms with Crippen molar-refractivity contribution in [2.75, 3.05) is 19.4 Å². The molecular weight excluding hydrogens is 230 g/mol. The van der Waals surface area contributed by atoms with Gasteiger partial charge in [-0.15, -0.1) is 0 Å². The molecule has 0 fully saturated rings. The molecule has 17 heavy (non-hydrogen) atoms. The molecule has 0 aromatic heterocycles. The second-order valence-electron chi connectivity index (χ2n) is 4.41. The Bertz CT molecular complexity index is 367. The number of fused-ring (bicyclic) bond motifs is 1. The van der Waals surface area contributed by atoms with Crippen LogP contribution >= 0.6 is 11.8 Å². The van der Waals surface area contributed by atoms with Crippen molar-refractivity contribution >= 4 is 11.8 Å². The van der Waals surface area contributed by atoms with E-state index in [2.05, 4.69) is 30.4 Å². The van der Waals surface area contributed by atoms with Gasteiger partial charge in [-0.2, -0.15) is 11.8 Å². The van der Waals surface area contributed by atoms with Crippen molar-refractivity contribution in [3.05, 3.63) is 29.3 Å². The largest absolute Gasteiger partial charge is 0.497 e. The molecule has 3 heteroatoms. The average molecular weight is 251 g/mol. The van der Waals surface area contributed by atoms with Gasteiger partial charge in [-0.1, -0.05) is 13.0 Å². The van der Waals surface area contributed by atoms with Gasteiger partial charge in [0.15, 0.2) is 0 Å². The maximum Gasteiger partial charge on any atom is 0.119 e. The van der Waals surface area contributed by atoms with Gasteiger partial charge in [-0.05, 0) is 48.4 Å². The Kier molecular flexibility index (Phi) is 4.75. The lowest BCUT2D eigenvalue weighted by molar-refractivity contribution is 0.412. The highest BCUT2D eigenvalue weighted by Crippen LogP contribution is 2.32. The summed E-state index contributed by atoms with van der Waals surface area (Å²) in [6.07, 6.45) is 2.40. The van der Waals surface area contributed by atoms with Gasteiger partial charge < -0.3 is 10.1 Å². The zero-order valence-corrected chi connectivity index (χ0v) is 11.5. The molecule has 0 aliphatic carbocycles. The first-order chi connectivity index (χ1) is 8.35. The van der Waals surface area contributed by atoms with Gasteiger partial charge in [-0.3, -0.25) is 0 Å². The van der Waals surface area contributed by atoms with Crippen LogP contribution in [0.3, 0.4) is 0 Å². The third kappa shape index (κ3) is 3.17. The van der Waals surface area contributed by atoms with E-state index in [4.69, 9.17) is 4.74 Å². The van der Waals surface area contributed by atoms with Crippen molar-refractivity contribution in [2.24, 2.45) is 0 Å². The minimum atomic E-state index is 0.495. The molecule has 2 nitrogen and oxygen atoms in total. The molecule has 0 amide bonds. The number of methoxy groups -OCH3 is 1. The zero-order valence-electron chi connectivity index (χ0n) is 10.7. The summed E-state index contributed by atoms with van der Waals surface area (Å²) in [5.74, 6) is 3.33. The number of hydrogen-bond acceptors (Lipinski definition) is 3. The van der Waals surface area contributed by atoms with E-state index in [9.17, 15) is 0 Å². The molecule has 1 aliphatic rings. The predicted molar refractivity (Wildman–Crippen MR) is 74.8 cm³/mol. The second kappa shape index (κ2) is 6.31. The number of benzene rings is 1. The van der Waals surface area contributed by atoms with E-state index in [0.717, 1.165) is 18.0 Å². The van der Waals surface area contributed by atoms with Crippen LogP contribution in [0.1, 0.15) is 36.9 Å². The molecule has 0 saturated carbocycles. The van der Waals surface area contributed by atoms with Crippen molar-refractivity contribution in [3.63, 3.8) is 0 Å². The van der Waals surface area contributed by atoms with Crippen LogP contribution in [0.2, 0.25) is 0 Å². The quantitative estimate of drug-likeness (QED) is 0.886. The molecule has 1 aliphatic heterocycles. The summed E-state index contributed by atoms with van der Waals surface area (Å²) in [6, 6.07) is 6.98. The Morgan fingerprint density at radius 1 is 1.47 bits per heavy atom. The lowest BCUT2D eigenvalue weighted by atomic mass is 9.99. The van der Waals surface area contributed by atoms with E-state index in [0.29, 0.717) is 6.04 Å². The van der Waals surface area contributed by atoms with Crippen LogP contribution in [-0.2, 0) is 5.75 Å².